The third-order valence-electron chi connectivity index (χ3n) is 1.56. The van der Waals surface area contributed by atoms with Gasteiger partial charge in [-0.05, 0) is 6.07 Å². The molecule has 1 rings (SSSR count). The Labute approximate surface area is 76.3 Å². The molecule has 0 heterocycles. The van der Waals surface area contributed by atoms with E-state index < -0.39 is 0 Å². The molecule has 70 valence electrons. The van der Waals surface area contributed by atoms with Crippen LogP contribution in [0.3, 0.4) is 0 Å². The Bertz CT molecular complexity index is 297. The van der Waals surface area contributed by atoms with Crippen LogP contribution in [-0.2, 0) is 6.61 Å². The van der Waals surface area contributed by atoms with Crippen molar-refractivity contribution < 1.29 is 14.2 Å². The summed E-state index contributed by atoms with van der Waals surface area (Å²) in [7, 11) is 0. The molecule has 0 radical (unpaired) electrons. The molecule has 2 nitrogen and oxygen atoms in total. The lowest BCUT2D eigenvalue weighted by molar-refractivity contribution is 0.269. The van der Waals surface area contributed by atoms with E-state index in [1.54, 1.807) is 6.08 Å². The normalized spacial score (nSPS) is 9.69. The first-order valence-corrected chi connectivity index (χ1v) is 3.91. The quantitative estimate of drug-likeness (QED) is 0.720. The van der Waals surface area contributed by atoms with E-state index in [2.05, 4.69) is 6.58 Å². The van der Waals surface area contributed by atoms with Crippen LogP contribution in [0.15, 0.2) is 30.9 Å². The first-order valence-electron chi connectivity index (χ1n) is 3.91. The average Bonchev–Trinajstić information content (AvgIpc) is 2.15. The van der Waals surface area contributed by atoms with Gasteiger partial charge in [0, 0.05) is 11.6 Å². The van der Waals surface area contributed by atoms with Gasteiger partial charge in [-0.25, -0.2) is 4.39 Å². The summed E-state index contributed by atoms with van der Waals surface area (Å²) in [6.07, 6.45) is 1.56. The lowest BCUT2D eigenvalue weighted by atomic mass is 10.2. The molecule has 0 saturated carbocycles. The third kappa shape index (κ3) is 2.56. The molecule has 1 N–H and O–H groups in total. The Hall–Kier alpha value is -1.35. The Balaban J connectivity index is 2.87. The Morgan fingerprint density at radius 1 is 1.54 bits per heavy atom. The monoisotopic (exact) mass is 182 g/mol. The molecule has 0 atom stereocenters. The van der Waals surface area contributed by atoms with E-state index >= 15 is 0 Å². The minimum Gasteiger partial charge on any atom is -0.489 e. The zero-order valence-electron chi connectivity index (χ0n) is 7.16. The fraction of sp³-hybridized carbons (Fsp3) is 0.200. The molecule has 0 saturated heterocycles. The minimum atomic E-state index is -0.378. The molecular weight excluding hydrogens is 171 g/mol. The number of hydrogen-bond acceptors (Lipinski definition) is 2. The van der Waals surface area contributed by atoms with Gasteiger partial charge in [0.2, 0.25) is 0 Å². The molecule has 0 spiro atoms. The number of ether oxygens (including phenoxy) is 1. The van der Waals surface area contributed by atoms with Crippen molar-refractivity contribution in [1.82, 2.24) is 0 Å². The number of halogens is 1. The Morgan fingerprint density at radius 2 is 2.31 bits per heavy atom. The SMILES string of the molecule is C=CCOc1cc(F)ccc1CO. The number of benzene rings is 1. The van der Waals surface area contributed by atoms with Gasteiger partial charge in [0.1, 0.15) is 18.2 Å². The highest BCUT2D eigenvalue weighted by Crippen LogP contribution is 2.19. The summed E-state index contributed by atoms with van der Waals surface area (Å²) < 4.78 is 17.9. The zero-order chi connectivity index (χ0) is 9.68. The molecule has 0 aromatic heterocycles. The van der Waals surface area contributed by atoms with E-state index in [1.807, 2.05) is 0 Å². The lowest BCUT2D eigenvalue weighted by Crippen LogP contribution is -1.98. The second-order valence-corrected chi connectivity index (χ2v) is 2.51. The number of hydrogen-bond donors (Lipinski definition) is 1. The molecule has 0 aliphatic carbocycles. The van der Waals surface area contributed by atoms with E-state index in [9.17, 15) is 4.39 Å². The van der Waals surface area contributed by atoms with E-state index in [4.69, 9.17) is 9.84 Å². The summed E-state index contributed by atoms with van der Waals surface area (Å²) in [5.41, 5.74) is 0.572. The molecule has 0 unspecified atom stereocenters. The van der Waals surface area contributed by atoms with Crippen molar-refractivity contribution in [3.05, 3.63) is 42.2 Å². The van der Waals surface area contributed by atoms with Crippen LogP contribution in [0.25, 0.3) is 0 Å². The molecule has 0 bridgehead atoms. The maximum Gasteiger partial charge on any atom is 0.128 e. The van der Waals surface area contributed by atoms with Gasteiger partial charge in [-0.1, -0.05) is 18.7 Å². The first-order chi connectivity index (χ1) is 6.27. The highest BCUT2D eigenvalue weighted by molar-refractivity contribution is 5.33. The summed E-state index contributed by atoms with van der Waals surface area (Å²) in [6, 6.07) is 4.02. The largest absolute Gasteiger partial charge is 0.489 e. The van der Waals surface area contributed by atoms with Crippen molar-refractivity contribution in [1.29, 1.82) is 0 Å². The summed E-state index contributed by atoms with van der Waals surface area (Å²) in [6.45, 7) is 3.61. The van der Waals surface area contributed by atoms with Gasteiger partial charge in [0.05, 0.1) is 6.61 Å². The van der Waals surface area contributed by atoms with E-state index in [0.29, 0.717) is 17.9 Å². The highest BCUT2D eigenvalue weighted by atomic mass is 19.1. The fourth-order valence-electron chi connectivity index (χ4n) is 0.942. The molecule has 0 amide bonds. The van der Waals surface area contributed by atoms with Gasteiger partial charge in [-0.3, -0.25) is 0 Å². The molecule has 0 fully saturated rings. The number of aliphatic hydroxyl groups is 1. The van der Waals surface area contributed by atoms with Crippen molar-refractivity contribution in [2.75, 3.05) is 6.61 Å². The number of rotatable bonds is 4. The van der Waals surface area contributed by atoms with Gasteiger partial charge in [0.15, 0.2) is 0 Å². The Morgan fingerprint density at radius 3 is 2.92 bits per heavy atom. The highest BCUT2D eigenvalue weighted by Gasteiger charge is 2.03. The van der Waals surface area contributed by atoms with Crippen LogP contribution in [0.5, 0.6) is 5.75 Å². The number of aliphatic hydroxyl groups excluding tert-OH is 1. The summed E-state index contributed by atoms with van der Waals surface area (Å²) in [4.78, 5) is 0. The van der Waals surface area contributed by atoms with Gasteiger partial charge in [-0.2, -0.15) is 0 Å². The lowest BCUT2D eigenvalue weighted by Gasteiger charge is -2.07. The van der Waals surface area contributed by atoms with Gasteiger partial charge in [-0.15, -0.1) is 0 Å². The van der Waals surface area contributed by atoms with Crippen molar-refractivity contribution >= 4 is 0 Å². The van der Waals surface area contributed by atoms with Crippen molar-refractivity contribution in [3.8, 4) is 5.75 Å². The Kier molecular flexibility index (Phi) is 3.46. The predicted molar refractivity (Wildman–Crippen MR) is 48.0 cm³/mol. The molecule has 1 aromatic carbocycles. The topological polar surface area (TPSA) is 29.5 Å². The molecule has 0 aliphatic heterocycles. The van der Waals surface area contributed by atoms with Crippen molar-refractivity contribution in [3.63, 3.8) is 0 Å². The molecular formula is C10H11FO2. The fourth-order valence-corrected chi connectivity index (χ4v) is 0.942. The maximum absolute atomic E-state index is 12.7. The summed E-state index contributed by atoms with van der Waals surface area (Å²) in [5, 5.41) is 8.88. The van der Waals surface area contributed by atoms with Gasteiger partial charge >= 0.3 is 0 Å². The standard InChI is InChI=1S/C10H11FO2/c1-2-5-13-10-6-9(11)4-3-8(10)7-12/h2-4,6,12H,1,5,7H2. The van der Waals surface area contributed by atoms with E-state index in [1.165, 1.54) is 18.2 Å². The van der Waals surface area contributed by atoms with Crippen molar-refractivity contribution in [2.45, 2.75) is 6.61 Å². The maximum atomic E-state index is 12.7. The molecule has 1 aromatic rings. The average molecular weight is 182 g/mol. The van der Waals surface area contributed by atoms with Crippen LogP contribution in [0.2, 0.25) is 0 Å². The van der Waals surface area contributed by atoms with Crippen LogP contribution in [0, 0.1) is 5.82 Å². The summed E-state index contributed by atoms with van der Waals surface area (Å²) >= 11 is 0. The molecule has 13 heavy (non-hydrogen) atoms. The van der Waals surface area contributed by atoms with Gasteiger partial charge in [0.25, 0.3) is 0 Å². The molecule has 0 aliphatic rings. The smallest absolute Gasteiger partial charge is 0.128 e. The van der Waals surface area contributed by atoms with Crippen LogP contribution in [-0.4, -0.2) is 11.7 Å². The van der Waals surface area contributed by atoms with Crippen LogP contribution < -0.4 is 4.74 Å². The van der Waals surface area contributed by atoms with Crippen LogP contribution in [0.1, 0.15) is 5.56 Å². The van der Waals surface area contributed by atoms with E-state index in [-0.39, 0.29) is 12.4 Å². The predicted octanol–water partition coefficient (Wildman–Crippen LogP) is 1.88. The zero-order valence-corrected chi connectivity index (χ0v) is 7.16. The van der Waals surface area contributed by atoms with Crippen molar-refractivity contribution in [2.24, 2.45) is 0 Å². The summed E-state index contributed by atoms with van der Waals surface area (Å²) in [5.74, 6) is -0.0151. The second kappa shape index (κ2) is 4.62. The second-order valence-electron chi connectivity index (χ2n) is 2.51. The van der Waals surface area contributed by atoms with Gasteiger partial charge < -0.3 is 9.84 Å². The third-order valence-corrected chi connectivity index (χ3v) is 1.56. The van der Waals surface area contributed by atoms with Crippen LogP contribution in [0.4, 0.5) is 4.39 Å². The first kappa shape index (κ1) is 9.74. The molecule has 3 heteroatoms. The van der Waals surface area contributed by atoms with Crippen LogP contribution >= 0.6 is 0 Å². The van der Waals surface area contributed by atoms with E-state index in [0.717, 1.165) is 0 Å². The minimum absolute atomic E-state index is 0.160.